The number of nitrogens with zero attached hydrogens (tertiary/aromatic N) is 1. The molecule has 2 rings (SSSR count). The minimum absolute atomic E-state index is 0.193. The molecule has 4 nitrogen and oxygen atoms in total. The van der Waals surface area contributed by atoms with Crippen molar-refractivity contribution in [3.05, 3.63) is 35.8 Å². The van der Waals surface area contributed by atoms with Crippen molar-refractivity contribution in [2.24, 2.45) is 0 Å². The number of aldehydes is 1. The van der Waals surface area contributed by atoms with Gasteiger partial charge in [-0.15, -0.1) is 0 Å². The molecule has 1 aromatic heterocycles. The lowest BCUT2D eigenvalue weighted by Gasteiger charge is -2.03. The number of aromatic nitrogens is 1. The molecule has 1 aromatic carbocycles. The zero-order valence-electron chi connectivity index (χ0n) is 9.85. The van der Waals surface area contributed by atoms with Crippen LogP contribution in [0.2, 0.25) is 0 Å². The Hall–Kier alpha value is -2.01. The first-order valence-electron chi connectivity index (χ1n) is 5.45. The smallest absolute Gasteiger partial charge is 0.233 e. The van der Waals surface area contributed by atoms with Crippen LogP contribution in [0.4, 0.5) is 4.39 Å². The van der Waals surface area contributed by atoms with Crippen LogP contribution in [0, 0.1) is 5.82 Å². The monoisotopic (exact) mass is 249 g/mol. The molecule has 0 atom stereocenters. The molecule has 0 bridgehead atoms. The van der Waals surface area contributed by atoms with Gasteiger partial charge in [0.1, 0.15) is 5.82 Å². The van der Waals surface area contributed by atoms with Crippen molar-refractivity contribution in [3.63, 3.8) is 0 Å². The number of carbonyl (C=O) groups excluding carboxylic acids is 2. The molecule has 0 unspecified atom stereocenters. The normalized spacial score (nSPS) is 10.8. The molecule has 0 saturated heterocycles. The molecule has 5 heteroatoms. The van der Waals surface area contributed by atoms with Crippen molar-refractivity contribution in [3.8, 4) is 0 Å². The third-order valence-corrected chi connectivity index (χ3v) is 2.71. The van der Waals surface area contributed by atoms with Gasteiger partial charge >= 0.3 is 0 Å². The maximum Gasteiger partial charge on any atom is 0.233 e. The van der Waals surface area contributed by atoms with Gasteiger partial charge in [-0.1, -0.05) is 0 Å². The van der Waals surface area contributed by atoms with E-state index in [1.807, 2.05) is 0 Å². The number of hydrogen-bond acceptors (Lipinski definition) is 3. The largest absolute Gasteiger partial charge is 0.384 e. The number of rotatable bonds is 4. The zero-order chi connectivity index (χ0) is 13.1. The van der Waals surface area contributed by atoms with Gasteiger partial charge in [0.2, 0.25) is 5.91 Å². The fraction of sp³-hybridized carbons (Fsp3) is 0.231. The highest BCUT2D eigenvalue weighted by atomic mass is 19.1. The lowest BCUT2D eigenvalue weighted by molar-refractivity contribution is 0.0856. The molecular formula is C13H12FNO3. The summed E-state index contributed by atoms with van der Waals surface area (Å²) in [7, 11) is 1.51. The van der Waals surface area contributed by atoms with Gasteiger partial charge in [0.15, 0.2) is 6.29 Å². The van der Waals surface area contributed by atoms with E-state index in [2.05, 4.69) is 0 Å². The summed E-state index contributed by atoms with van der Waals surface area (Å²) in [5.74, 6) is -0.630. The third-order valence-electron chi connectivity index (χ3n) is 2.71. The Balaban J connectivity index is 2.51. The maximum atomic E-state index is 13.1. The van der Waals surface area contributed by atoms with Gasteiger partial charge in [0.05, 0.1) is 18.5 Å². The SMILES string of the molecule is COCCC(=O)n1cc(C=O)c2cc(F)ccc21. The molecule has 0 saturated carbocycles. The van der Waals surface area contributed by atoms with E-state index in [0.29, 0.717) is 29.4 Å². The van der Waals surface area contributed by atoms with E-state index < -0.39 is 5.82 Å². The van der Waals surface area contributed by atoms with Crippen LogP contribution >= 0.6 is 0 Å². The third kappa shape index (κ3) is 2.17. The molecule has 2 aromatic rings. The van der Waals surface area contributed by atoms with E-state index in [4.69, 9.17) is 4.74 Å². The Morgan fingerprint density at radius 2 is 2.28 bits per heavy atom. The molecule has 0 radical (unpaired) electrons. The highest BCUT2D eigenvalue weighted by Crippen LogP contribution is 2.21. The predicted octanol–water partition coefficient (Wildman–Crippen LogP) is 2.27. The Kier molecular flexibility index (Phi) is 3.53. The number of halogens is 1. The Bertz CT molecular complexity index is 604. The topological polar surface area (TPSA) is 48.3 Å². The number of carbonyl (C=O) groups is 2. The van der Waals surface area contributed by atoms with Crippen LogP contribution in [-0.2, 0) is 4.74 Å². The summed E-state index contributed by atoms with van der Waals surface area (Å²) < 4.78 is 19.3. The fourth-order valence-electron chi connectivity index (χ4n) is 1.84. The molecule has 0 N–H and O–H groups in total. The Morgan fingerprint density at radius 3 is 2.94 bits per heavy atom. The second kappa shape index (κ2) is 5.10. The van der Waals surface area contributed by atoms with E-state index in [1.54, 1.807) is 0 Å². The van der Waals surface area contributed by atoms with Gasteiger partial charge in [-0.3, -0.25) is 14.2 Å². The molecule has 0 fully saturated rings. The molecule has 1 heterocycles. The molecule has 0 amide bonds. The Morgan fingerprint density at radius 1 is 1.50 bits per heavy atom. The first-order valence-corrected chi connectivity index (χ1v) is 5.45. The Labute approximate surface area is 103 Å². The van der Waals surface area contributed by atoms with Gasteiger partial charge in [0, 0.05) is 24.3 Å². The number of hydrogen-bond donors (Lipinski definition) is 0. The number of benzene rings is 1. The van der Waals surface area contributed by atoms with Crippen LogP contribution in [-0.4, -0.2) is 30.5 Å². The molecule has 0 spiro atoms. The summed E-state index contributed by atoms with van der Waals surface area (Å²) >= 11 is 0. The predicted molar refractivity (Wildman–Crippen MR) is 64.4 cm³/mol. The summed E-state index contributed by atoms with van der Waals surface area (Å²) in [4.78, 5) is 22.8. The van der Waals surface area contributed by atoms with Crippen molar-refractivity contribution < 1.29 is 18.7 Å². The van der Waals surface area contributed by atoms with Crippen LogP contribution in [0.1, 0.15) is 21.6 Å². The summed E-state index contributed by atoms with van der Waals surface area (Å²) in [5.41, 5.74) is 0.829. The summed E-state index contributed by atoms with van der Waals surface area (Å²) in [6.07, 6.45) is 2.24. The lowest BCUT2D eigenvalue weighted by Crippen LogP contribution is -2.11. The van der Waals surface area contributed by atoms with Crippen LogP contribution in [0.25, 0.3) is 10.9 Å². The molecule has 0 aliphatic heterocycles. The van der Waals surface area contributed by atoms with Gasteiger partial charge in [-0.25, -0.2) is 4.39 Å². The number of methoxy groups -OCH3 is 1. The van der Waals surface area contributed by atoms with Crippen molar-refractivity contribution >= 4 is 23.1 Å². The van der Waals surface area contributed by atoms with Crippen LogP contribution in [0.3, 0.4) is 0 Å². The second-order valence-corrected chi connectivity index (χ2v) is 3.87. The molecule has 0 aliphatic carbocycles. The maximum absolute atomic E-state index is 13.1. The average molecular weight is 249 g/mol. The van der Waals surface area contributed by atoms with Gasteiger partial charge in [0.25, 0.3) is 0 Å². The van der Waals surface area contributed by atoms with Crippen molar-refractivity contribution in [2.75, 3.05) is 13.7 Å². The van der Waals surface area contributed by atoms with Crippen molar-refractivity contribution in [2.45, 2.75) is 6.42 Å². The molecular weight excluding hydrogens is 237 g/mol. The van der Waals surface area contributed by atoms with E-state index in [1.165, 1.54) is 36.1 Å². The molecule has 94 valence electrons. The first kappa shape index (κ1) is 12.4. The highest BCUT2D eigenvalue weighted by Gasteiger charge is 2.13. The van der Waals surface area contributed by atoms with Crippen LogP contribution in [0.5, 0.6) is 0 Å². The van der Waals surface area contributed by atoms with E-state index in [9.17, 15) is 14.0 Å². The average Bonchev–Trinajstić information content (AvgIpc) is 2.73. The standard InChI is InChI=1S/C13H12FNO3/c1-18-5-4-13(17)15-7-9(8-16)11-6-10(14)2-3-12(11)15/h2-3,6-8H,4-5H2,1H3. The van der Waals surface area contributed by atoms with Crippen molar-refractivity contribution in [1.29, 1.82) is 0 Å². The summed E-state index contributed by atoms with van der Waals surface area (Å²) in [6.45, 7) is 0.302. The van der Waals surface area contributed by atoms with E-state index in [0.717, 1.165) is 0 Å². The summed E-state index contributed by atoms with van der Waals surface area (Å²) in [6, 6.07) is 4.00. The van der Waals surface area contributed by atoms with E-state index in [-0.39, 0.29) is 12.3 Å². The van der Waals surface area contributed by atoms with Crippen molar-refractivity contribution in [1.82, 2.24) is 4.57 Å². The summed E-state index contributed by atoms with van der Waals surface area (Å²) in [5, 5.41) is 0.441. The minimum Gasteiger partial charge on any atom is -0.384 e. The number of ether oxygens (including phenoxy) is 1. The second-order valence-electron chi connectivity index (χ2n) is 3.87. The van der Waals surface area contributed by atoms with Gasteiger partial charge in [-0.2, -0.15) is 0 Å². The zero-order valence-corrected chi connectivity index (χ0v) is 9.85. The quantitative estimate of drug-likeness (QED) is 0.781. The minimum atomic E-state index is -0.437. The van der Waals surface area contributed by atoms with E-state index >= 15 is 0 Å². The molecule has 18 heavy (non-hydrogen) atoms. The number of fused-ring (bicyclic) bond motifs is 1. The van der Waals surface area contributed by atoms with Gasteiger partial charge < -0.3 is 4.74 Å². The molecule has 0 aliphatic rings. The first-order chi connectivity index (χ1) is 8.67. The highest BCUT2D eigenvalue weighted by molar-refractivity contribution is 6.02. The van der Waals surface area contributed by atoms with Crippen LogP contribution in [0.15, 0.2) is 24.4 Å². The van der Waals surface area contributed by atoms with Gasteiger partial charge in [-0.05, 0) is 18.2 Å². The lowest BCUT2D eigenvalue weighted by atomic mass is 10.2. The van der Waals surface area contributed by atoms with Crippen LogP contribution < -0.4 is 0 Å². The fourth-order valence-corrected chi connectivity index (χ4v) is 1.84.